The molecule has 1 aliphatic rings. The lowest BCUT2D eigenvalue weighted by molar-refractivity contribution is -0.177. The summed E-state index contributed by atoms with van der Waals surface area (Å²) in [6, 6.07) is -1.77. The minimum absolute atomic E-state index is 0.0192. The fourth-order valence-electron chi connectivity index (χ4n) is 1.43. The van der Waals surface area contributed by atoms with Gasteiger partial charge in [-0.15, -0.1) is 0 Å². The van der Waals surface area contributed by atoms with Gasteiger partial charge in [0.2, 0.25) is 0 Å². The number of rotatable bonds is 1. The van der Waals surface area contributed by atoms with Crippen LogP contribution in [0.5, 0.6) is 0 Å². The summed E-state index contributed by atoms with van der Waals surface area (Å²) >= 11 is 0. The number of carbonyl (C=O) groups excluding carboxylic acids is 1. The smallest absolute Gasteiger partial charge is 0.339 e. The molecule has 1 heterocycles. The van der Waals surface area contributed by atoms with Gasteiger partial charge in [-0.2, -0.15) is 13.2 Å². The van der Waals surface area contributed by atoms with Crippen LogP contribution < -0.4 is 10.6 Å². The van der Waals surface area contributed by atoms with Gasteiger partial charge in [-0.05, 0) is 13.0 Å². The average molecular weight is 246 g/mol. The minimum atomic E-state index is -5.13. The summed E-state index contributed by atoms with van der Waals surface area (Å²) < 4.78 is 62.2. The Labute approximate surface area is 88.4 Å². The van der Waals surface area contributed by atoms with Gasteiger partial charge < -0.3 is 10.6 Å². The number of halogens is 5. The van der Waals surface area contributed by atoms with E-state index in [4.69, 9.17) is 0 Å². The lowest BCUT2D eigenvalue weighted by atomic mass is 10.1. The Morgan fingerprint density at radius 2 is 1.94 bits per heavy atom. The molecule has 0 aromatic heterocycles. The van der Waals surface area contributed by atoms with Gasteiger partial charge in [0.05, 0.1) is 6.04 Å². The van der Waals surface area contributed by atoms with E-state index in [9.17, 15) is 26.7 Å². The highest BCUT2D eigenvalue weighted by molar-refractivity contribution is 5.82. The van der Waals surface area contributed by atoms with Gasteiger partial charge in [-0.25, -0.2) is 8.78 Å². The monoisotopic (exact) mass is 246 g/mol. The highest BCUT2D eigenvalue weighted by Gasteiger charge is 2.46. The van der Waals surface area contributed by atoms with Crippen molar-refractivity contribution < 1.29 is 26.7 Å². The second-order valence-electron chi connectivity index (χ2n) is 3.57. The van der Waals surface area contributed by atoms with Crippen molar-refractivity contribution in [2.45, 2.75) is 31.0 Å². The van der Waals surface area contributed by atoms with Gasteiger partial charge >= 0.3 is 12.1 Å². The third-order valence-corrected chi connectivity index (χ3v) is 2.32. The van der Waals surface area contributed by atoms with Crippen LogP contribution in [-0.2, 0) is 4.79 Å². The molecule has 0 radical (unpaired) electrons. The lowest BCUT2D eigenvalue weighted by Crippen LogP contribution is -2.51. The molecule has 1 atom stereocenters. The fraction of sp³-hybridized carbons (Fsp3) is 0.875. The maximum atomic E-state index is 13.3. The molecule has 2 N–H and O–H groups in total. The van der Waals surface area contributed by atoms with Crippen molar-refractivity contribution in [3.8, 4) is 0 Å². The van der Waals surface area contributed by atoms with Crippen molar-refractivity contribution in [3.63, 3.8) is 0 Å². The molecule has 8 heteroatoms. The van der Waals surface area contributed by atoms with Crippen LogP contribution in [0.15, 0.2) is 0 Å². The zero-order valence-corrected chi connectivity index (χ0v) is 8.20. The highest BCUT2D eigenvalue weighted by Crippen LogP contribution is 2.27. The molecule has 16 heavy (non-hydrogen) atoms. The number of nitrogens with one attached hydrogen (secondary N) is 2. The fourth-order valence-corrected chi connectivity index (χ4v) is 1.43. The summed E-state index contributed by atoms with van der Waals surface area (Å²) in [6.07, 6.45) is -5.94. The predicted octanol–water partition coefficient (Wildman–Crippen LogP) is 1.05. The first-order valence-electron chi connectivity index (χ1n) is 4.70. The Morgan fingerprint density at radius 3 is 2.50 bits per heavy atom. The van der Waals surface area contributed by atoms with Crippen molar-refractivity contribution in [2.75, 3.05) is 13.1 Å². The normalized spacial score (nSPS) is 25.9. The Morgan fingerprint density at radius 1 is 1.31 bits per heavy atom. The average Bonchev–Trinajstić information content (AvgIpc) is 2.27. The number of alkyl halides is 5. The number of hydrogen-bond acceptors (Lipinski definition) is 2. The topological polar surface area (TPSA) is 41.1 Å². The third kappa shape index (κ3) is 3.29. The van der Waals surface area contributed by atoms with E-state index in [1.54, 1.807) is 0 Å². The first-order chi connectivity index (χ1) is 7.23. The summed E-state index contributed by atoms with van der Waals surface area (Å²) in [5.74, 6) is -5.64. The molecule has 3 nitrogen and oxygen atoms in total. The van der Waals surface area contributed by atoms with Gasteiger partial charge in [0.25, 0.3) is 5.92 Å². The molecule has 1 amide bonds. The molecule has 0 unspecified atom stereocenters. The summed E-state index contributed by atoms with van der Waals surface area (Å²) in [7, 11) is 0. The second-order valence-corrected chi connectivity index (χ2v) is 3.57. The number of carbonyl (C=O) groups is 1. The Balaban J connectivity index is 2.67. The van der Waals surface area contributed by atoms with Gasteiger partial charge in [0.1, 0.15) is 0 Å². The van der Waals surface area contributed by atoms with Crippen LogP contribution in [0, 0.1) is 0 Å². The van der Waals surface area contributed by atoms with Crippen molar-refractivity contribution in [2.24, 2.45) is 0 Å². The molecule has 1 rings (SSSR count). The molecular formula is C8H11F5N2O. The number of hydrogen-bond donors (Lipinski definition) is 2. The van der Waals surface area contributed by atoms with Gasteiger partial charge in [-0.1, -0.05) is 0 Å². The Bertz CT molecular complexity index is 266. The van der Waals surface area contributed by atoms with E-state index < -0.39 is 30.5 Å². The van der Waals surface area contributed by atoms with Crippen LogP contribution in [-0.4, -0.2) is 37.1 Å². The molecule has 0 spiro atoms. The zero-order chi connectivity index (χ0) is 12.4. The minimum Gasteiger partial charge on any atom is -0.339 e. The van der Waals surface area contributed by atoms with E-state index in [-0.39, 0.29) is 19.5 Å². The first kappa shape index (κ1) is 13.1. The maximum Gasteiger partial charge on any atom is 0.471 e. The van der Waals surface area contributed by atoms with E-state index >= 15 is 0 Å². The van der Waals surface area contributed by atoms with Crippen LogP contribution in [0.3, 0.4) is 0 Å². The second kappa shape index (κ2) is 4.52. The van der Waals surface area contributed by atoms with Crippen LogP contribution in [0.2, 0.25) is 0 Å². The van der Waals surface area contributed by atoms with Gasteiger partial charge in [0.15, 0.2) is 0 Å². The van der Waals surface area contributed by atoms with Crippen molar-refractivity contribution >= 4 is 5.91 Å². The molecule has 0 aromatic carbocycles. The molecule has 0 bridgehead atoms. The summed E-state index contributed by atoms with van der Waals surface area (Å²) in [4.78, 5) is 10.5. The first-order valence-corrected chi connectivity index (χ1v) is 4.70. The molecule has 1 fully saturated rings. The standard InChI is InChI=1S/C8H11F5N2O/c9-7(10)2-4-14-3-1-5(7)15-6(16)8(11,12)13/h5,14H,1-4H2,(H,15,16)/t5-/m0/s1. The molecule has 94 valence electrons. The largest absolute Gasteiger partial charge is 0.471 e. The third-order valence-electron chi connectivity index (χ3n) is 2.32. The van der Waals surface area contributed by atoms with E-state index in [2.05, 4.69) is 5.32 Å². The summed E-state index contributed by atoms with van der Waals surface area (Å²) in [6.45, 7) is 0.170. The molecule has 1 saturated heterocycles. The maximum absolute atomic E-state index is 13.3. The molecular weight excluding hydrogens is 235 g/mol. The van der Waals surface area contributed by atoms with E-state index in [1.807, 2.05) is 0 Å². The van der Waals surface area contributed by atoms with E-state index in [0.717, 1.165) is 0 Å². The van der Waals surface area contributed by atoms with Crippen molar-refractivity contribution in [1.82, 2.24) is 10.6 Å². The number of amides is 1. The summed E-state index contributed by atoms with van der Waals surface area (Å²) in [5, 5.41) is 3.97. The molecule has 0 aliphatic carbocycles. The lowest BCUT2D eigenvalue weighted by Gasteiger charge is -2.25. The van der Waals surface area contributed by atoms with Crippen molar-refractivity contribution in [1.29, 1.82) is 0 Å². The SMILES string of the molecule is O=C(N[C@H]1CCNCCC1(F)F)C(F)(F)F. The molecule has 0 saturated carbocycles. The quantitative estimate of drug-likeness (QED) is 0.679. The molecule has 0 aromatic rings. The summed E-state index contributed by atoms with van der Waals surface area (Å²) in [5.41, 5.74) is 0. The van der Waals surface area contributed by atoms with E-state index in [1.165, 1.54) is 5.32 Å². The van der Waals surface area contributed by atoms with Crippen LogP contribution in [0.4, 0.5) is 22.0 Å². The highest BCUT2D eigenvalue weighted by atomic mass is 19.4. The predicted molar refractivity (Wildman–Crippen MR) is 45.0 cm³/mol. The Kier molecular flexibility index (Phi) is 3.72. The van der Waals surface area contributed by atoms with Gasteiger partial charge in [0, 0.05) is 13.0 Å². The van der Waals surface area contributed by atoms with E-state index in [0.29, 0.717) is 0 Å². The van der Waals surface area contributed by atoms with Crippen molar-refractivity contribution in [3.05, 3.63) is 0 Å². The van der Waals surface area contributed by atoms with Crippen LogP contribution in [0.25, 0.3) is 0 Å². The van der Waals surface area contributed by atoms with Gasteiger partial charge in [-0.3, -0.25) is 4.79 Å². The van der Waals surface area contributed by atoms with Crippen LogP contribution >= 0.6 is 0 Å². The Hall–Kier alpha value is -0.920. The van der Waals surface area contributed by atoms with Crippen LogP contribution in [0.1, 0.15) is 12.8 Å². The molecule has 1 aliphatic heterocycles. The zero-order valence-electron chi connectivity index (χ0n) is 8.20.